The van der Waals surface area contributed by atoms with E-state index in [4.69, 9.17) is 10.5 Å². The van der Waals surface area contributed by atoms with Crippen molar-refractivity contribution in [2.75, 3.05) is 18.5 Å². The van der Waals surface area contributed by atoms with Crippen molar-refractivity contribution in [1.82, 2.24) is 4.72 Å². The third-order valence-electron chi connectivity index (χ3n) is 4.72. The third-order valence-corrected chi connectivity index (χ3v) is 6.38. The Morgan fingerprint density at radius 2 is 1.92 bits per heavy atom. The van der Waals surface area contributed by atoms with Crippen molar-refractivity contribution in [3.05, 3.63) is 23.8 Å². The summed E-state index contributed by atoms with van der Waals surface area (Å²) in [5, 5.41) is 2.75. The summed E-state index contributed by atoms with van der Waals surface area (Å²) in [4.78, 5) is 12.6. The minimum absolute atomic E-state index is 0.0320. The summed E-state index contributed by atoms with van der Waals surface area (Å²) in [6, 6.07) is 4.28. The molecular formula is C17H25N3O4S. The number of rotatable bonds is 6. The van der Waals surface area contributed by atoms with Crippen molar-refractivity contribution in [1.29, 1.82) is 0 Å². The van der Waals surface area contributed by atoms with Crippen LogP contribution in [-0.4, -0.2) is 39.6 Å². The molecule has 0 bridgehead atoms. The lowest BCUT2D eigenvalue weighted by Crippen LogP contribution is -2.44. The van der Waals surface area contributed by atoms with Crippen LogP contribution >= 0.6 is 0 Å². The summed E-state index contributed by atoms with van der Waals surface area (Å²) < 4.78 is 32.9. The Labute approximate surface area is 148 Å². The fourth-order valence-electron chi connectivity index (χ4n) is 2.97. The maximum absolute atomic E-state index is 12.5. The molecule has 1 aromatic rings. The number of carbonyl (C=O) groups excluding carboxylic acids is 1. The Bertz CT molecular complexity index is 740. The van der Waals surface area contributed by atoms with Crippen molar-refractivity contribution < 1.29 is 17.9 Å². The van der Waals surface area contributed by atoms with Crippen molar-refractivity contribution in [3.63, 3.8) is 0 Å². The number of anilines is 1. The van der Waals surface area contributed by atoms with Gasteiger partial charge in [0, 0.05) is 24.9 Å². The highest BCUT2D eigenvalue weighted by Gasteiger charge is 2.30. The number of nitrogens with one attached hydrogen (secondary N) is 2. The van der Waals surface area contributed by atoms with Gasteiger partial charge in [0.2, 0.25) is 15.9 Å². The molecule has 1 aliphatic carbocycles. The van der Waals surface area contributed by atoms with Gasteiger partial charge in [0.15, 0.2) is 0 Å². The molecule has 1 saturated heterocycles. The molecule has 7 nitrogen and oxygen atoms in total. The van der Waals surface area contributed by atoms with Crippen LogP contribution in [0.25, 0.3) is 0 Å². The largest absolute Gasteiger partial charge is 0.381 e. The zero-order chi connectivity index (χ0) is 18.0. The summed E-state index contributed by atoms with van der Waals surface area (Å²) in [5.41, 5.74) is 7.15. The first-order valence-electron chi connectivity index (χ1n) is 8.64. The minimum atomic E-state index is -3.58. The molecule has 8 heteroatoms. The van der Waals surface area contributed by atoms with Gasteiger partial charge in [0.25, 0.3) is 0 Å². The molecule has 1 amide bonds. The standard InChI is InChI=1S/C17H25N3O4S/c1-11-2-3-14(10-15(11)25(22,23)20-13-4-5-13)19-17(21)16(18)12-6-8-24-9-7-12/h2-3,10,12-13,16,20H,4-9,18H2,1H3,(H,19,21). The number of hydrogen-bond acceptors (Lipinski definition) is 5. The van der Waals surface area contributed by atoms with E-state index in [1.807, 2.05) is 0 Å². The number of amides is 1. The quantitative estimate of drug-likeness (QED) is 0.698. The van der Waals surface area contributed by atoms with E-state index in [0.29, 0.717) is 24.5 Å². The number of nitrogens with two attached hydrogens (primary N) is 1. The van der Waals surface area contributed by atoms with Gasteiger partial charge >= 0.3 is 0 Å². The van der Waals surface area contributed by atoms with E-state index in [-0.39, 0.29) is 22.8 Å². The van der Waals surface area contributed by atoms with Crippen LogP contribution in [0.15, 0.2) is 23.1 Å². The zero-order valence-corrected chi connectivity index (χ0v) is 15.1. The van der Waals surface area contributed by atoms with E-state index in [1.165, 1.54) is 6.07 Å². The third kappa shape index (κ3) is 4.58. The van der Waals surface area contributed by atoms with Gasteiger partial charge in [0.1, 0.15) is 0 Å². The molecule has 138 valence electrons. The summed E-state index contributed by atoms with van der Waals surface area (Å²) in [6.07, 6.45) is 3.25. The predicted molar refractivity (Wildman–Crippen MR) is 94.7 cm³/mol. The maximum Gasteiger partial charge on any atom is 0.241 e. The lowest BCUT2D eigenvalue weighted by atomic mass is 9.92. The molecule has 1 heterocycles. The van der Waals surface area contributed by atoms with E-state index < -0.39 is 16.1 Å². The average Bonchev–Trinajstić information content (AvgIpc) is 3.39. The molecule has 0 radical (unpaired) electrons. The first-order valence-corrected chi connectivity index (χ1v) is 10.1. The van der Waals surface area contributed by atoms with Gasteiger partial charge in [0.05, 0.1) is 10.9 Å². The highest BCUT2D eigenvalue weighted by Crippen LogP contribution is 2.26. The van der Waals surface area contributed by atoms with Crippen molar-refractivity contribution in [3.8, 4) is 0 Å². The number of carbonyl (C=O) groups is 1. The molecule has 0 aromatic heterocycles. The van der Waals surface area contributed by atoms with Gasteiger partial charge in [-0.2, -0.15) is 0 Å². The second-order valence-corrected chi connectivity index (χ2v) is 8.52. The van der Waals surface area contributed by atoms with Gasteiger partial charge in [-0.25, -0.2) is 13.1 Å². The predicted octanol–water partition coefficient (Wildman–Crippen LogP) is 1.13. The lowest BCUT2D eigenvalue weighted by Gasteiger charge is -2.26. The molecule has 1 aromatic carbocycles. The number of benzene rings is 1. The van der Waals surface area contributed by atoms with E-state index in [0.717, 1.165) is 25.7 Å². The summed E-state index contributed by atoms with van der Waals surface area (Å²) in [6.45, 7) is 2.97. The monoisotopic (exact) mass is 367 g/mol. The summed E-state index contributed by atoms with van der Waals surface area (Å²) in [7, 11) is -3.58. The Morgan fingerprint density at radius 3 is 2.56 bits per heavy atom. The van der Waals surface area contributed by atoms with Gasteiger partial charge in [-0.15, -0.1) is 0 Å². The molecule has 2 aliphatic rings. The topological polar surface area (TPSA) is 111 Å². The number of aryl methyl sites for hydroxylation is 1. The second-order valence-electron chi connectivity index (χ2n) is 6.84. The SMILES string of the molecule is Cc1ccc(NC(=O)C(N)C2CCOCC2)cc1S(=O)(=O)NC1CC1. The normalized spacial score (nSPS) is 20.2. The zero-order valence-electron chi connectivity index (χ0n) is 14.3. The van der Waals surface area contributed by atoms with Crippen LogP contribution in [-0.2, 0) is 19.6 Å². The maximum atomic E-state index is 12.5. The van der Waals surface area contributed by atoms with E-state index in [2.05, 4.69) is 10.0 Å². The summed E-state index contributed by atoms with van der Waals surface area (Å²) in [5.74, 6) is -0.215. The molecule has 4 N–H and O–H groups in total. The highest BCUT2D eigenvalue weighted by molar-refractivity contribution is 7.89. The fourth-order valence-corrected chi connectivity index (χ4v) is 4.54. The molecule has 1 aliphatic heterocycles. The van der Waals surface area contributed by atoms with Crippen LogP contribution in [0, 0.1) is 12.8 Å². The Morgan fingerprint density at radius 1 is 1.24 bits per heavy atom. The molecule has 1 unspecified atom stereocenters. The molecule has 25 heavy (non-hydrogen) atoms. The van der Waals surface area contributed by atoms with Gasteiger partial charge < -0.3 is 15.8 Å². The van der Waals surface area contributed by atoms with Crippen molar-refractivity contribution in [2.24, 2.45) is 11.7 Å². The summed E-state index contributed by atoms with van der Waals surface area (Å²) >= 11 is 0. The molecule has 1 atom stereocenters. The van der Waals surface area contributed by atoms with Crippen molar-refractivity contribution in [2.45, 2.75) is 49.6 Å². The first-order chi connectivity index (χ1) is 11.9. The first kappa shape index (κ1) is 18.3. The number of ether oxygens (including phenoxy) is 1. The van der Waals surface area contributed by atoms with Gasteiger partial charge in [-0.1, -0.05) is 6.07 Å². The lowest BCUT2D eigenvalue weighted by molar-refractivity contribution is -0.119. The van der Waals surface area contributed by atoms with Crippen LogP contribution in [0.5, 0.6) is 0 Å². The van der Waals surface area contributed by atoms with Crippen LogP contribution in [0.3, 0.4) is 0 Å². The van der Waals surface area contributed by atoms with Crippen LogP contribution < -0.4 is 15.8 Å². The molecule has 0 spiro atoms. The Hall–Kier alpha value is -1.48. The smallest absolute Gasteiger partial charge is 0.241 e. The second kappa shape index (κ2) is 7.41. The van der Waals surface area contributed by atoms with Crippen LogP contribution in [0.4, 0.5) is 5.69 Å². The van der Waals surface area contributed by atoms with E-state index in [1.54, 1.807) is 19.1 Å². The van der Waals surface area contributed by atoms with E-state index >= 15 is 0 Å². The molecular weight excluding hydrogens is 342 g/mol. The van der Waals surface area contributed by atoms with Crippen LogP contribution in [0.2, 0.25) is 0 Å². The minimum Gasteiger partial charge on any atom is -0.381 e. The van der Waals surface area contributed by atoms with E-state index in [9.17, 15) is 13.2 Å². The molecule has 2 fully saturated rings. The number of hydrogen-bond donors (Lipinski definition) is 3. The fraction of sp³-hybridized carbons (Fsp3) is 0.588. The molecule has 1 saturated carbocycles. The highest BCUT2D eigenvalue weighted by atomic mass is 32.2. The number of sulfonamides is 1. The van der Waals surface area contributed by atoms with Gasteiger partial charge in [-0.3, -0.25) is 4.79 Å². The Kier molecular flexibility index (Phi) is 5.43. The molecule has 3 rings (SSSR count). The van der Waals surface area contributed by atoms with Gasteiger partial charge in [-0.05, 0) is 56.2 Å². The van der Waals surface area contributed by atoms with Crippen LogP contribution in [0.1, 0.15) is 31.2 Å². The Balaban J connectivity index is 1.72. The van der Waals surface area contributed by atoms with Crippen molar-refractivity contribution >= 4 is 21.6 Å². The average molecular weight is 367 g/mol.